The Balaban J connectivity index is 0. The molecule has 0 saturated carbocycles. The summed E-state index contributed by atoms with van der Waals surface area (Å²) in [6.45, 7) is 56.7. The molecule has 656 valence electrons. The van der Waals surface area contributed by atoms with E-state index in [9.17, 15) is 50.4 Å². The number of anilines is 2. The van der Waals surface area contributed by atoms with E-state index in [1.54, 1.807) is 36.4 Å². The monoisotopic (exact) mass is 1870 g/mol. The van der Waals surface area contributed by atoms with Gasteiger partial charge in [-0.25, -0.2) is 0 Å². The van der Waals surface area contributed by atoms with Gasteiger partial charge in [0.25, 0.3) is 0 Å². The second kappa shape index (κ2) is 49.4. The molecule has 0 N–H and O–H groups in total. The molecule has 4 heterocycles. The summed E-state index contributed by atoms with van der Waals surface area (Å²) in [6.07, 6.45) is 14.9. The predicted octanol–water partition coefficient (Wildman–Crippen LogP) is 26.3. The predicted molar refractivity (Wildman–Crippen MR) is 449 cm³/mol. The van der Waals surface area contributed by atoms with E-state index < -0.39 is 15.6 Å². The van der Waals surface area contributed by atoms with Crippen LogP contribution in [-0.2, 0) is 70.9 Å². The Morgan fingerprint density at radius 1 is 0.314 bits per heavy atom. The number of nitrogens with zero attached hydrogens (tertiary/aromatic N) is 14. The van der Waals surface area contributed by atoms with E-state index in [0.29, 0.717) is 47.3 Å². The van der Waals surface area contributed by atoms with Crippen molar-refractivity contribution in [2.24, 2.45) is 0 Å². The average molecular weight is 1880 g/mol. The summed E-state index contributed by atoms with van der Waals surface area (Å²) in [4.78, 5) is 9.45. The van der Waals surface area contributed by atoms with Gasteiger partial charge in [0.1, 0.15) is 51.5 Å². The Hall–Kier alpha value is -8.36. The molecule has 6 aromatic carbocycles. The van der Waals surface area contributed by atoms with Gasteiger partial charge in [0.05, 0.1) is 88.8 Å². The van der Waals surface area contributed by atoms with Gasteiger partial charge >= 0.3 is 111 Å². The SMILES string of the molecule is CC#N.CC#N.CC#N.CC#N.CC#N.CC#N.CC(C)c1cccc(C(C)C)c1N1[C-]=[N+](Cc2cccc(CN3[C-]=[N+](c4c(C(C)C)cccc4C(C)C)CC3)c2)CC1.CC(C)c1cccc(C(C)C)c1N1[C-]=[N+](Cc2cccc(CN3[C-]=[N+](c4c(C(C)C)cccc4C(C)C)CC3)c2)CC1.F[P-](F)(F)(F)(F)F.F[P-](F)(F)(F)(F)F.[Ag+].[Ag+]. The number of hydrogen-bond acceptors (Lipinski definition) is 10. The fourth-order valence-corrected chi connectivity index (χ4v) is 12.9. The maximum atomic E-state index is 9.87. The summed E-state index contributed by atoms with van der Waals surface area (Å²) in [6, 6.07) is 55.9. The van der Waals surface area contributed by atoms with Crippen LogP contribution in [0.2, 0.25) is 0 Å². The molecule has 0 radical (unpaired) electrons. The molecule has 0 bridgehead atoms. The Kier molecular flexibility index (Phi) is 46.7. The zero-order valence-electron chi connectivity index (χ0n) is 71.9. The zero-order chi connectivity index (χ0) is 89.0. The largest absolute Gasteiger partial charge is 1.00 e. The zero-order valence-corrected chi connectivity index (χ0v) is 76.7. The van der Waals surface area contributed by atoms with E-state index >= 15 is 0 Å². The van der Waals surface area contributed by atoms with Crippen molar-refractivity contribution in [2.75, 3.05) is 62.2 Å². The van der Waals surface area contributed by atoms with Gasteiger partial charge in [0.2, 0.25) is 0 Å². The topological polar surface area (TPSA) is 168 Å². The summed E-state index contributed by atoms with van der Waals surface area (Å²) >= 11 is 0. The molecule has 0 unspecified atom stereocenters. The third-order valence-corrected chi connectivity index (χ3v) is 17.3. The molecule has 6 aromatic rings. The Labute approximate surface area is 726 Å². The number of hydrogen-bond donors (Lipinski definition) is 0. The van der Waals surface area contributed by atoms with Crippen LogP contribution in [0.3, 0.4) is 0 Å². The number of para-hydroxylation sites is 4. The molecule has 0 spiro atoms. The minimum Gasteiger partial charge on any atom is 1.00 e. The summed E-state index contributed by atoms with van der Waals surface area (Å²) in [5.41, 5.74) is 22.2. The second-order valence-electron chi connectivity index (χ2n) is 30.0. The maximum absolute atomic E-state index is 10.7. The number of halogens is 12. The maximum Gasteiger partial charge on any atom is 1.00 e. The van der Waals surface area contributed by atoms with Gasteiger partial charge in [-0.1, -0.05) is 264 Å². The molecular weight excluding hydrogens is 1760 g/mol. The van der Waals surface area contributed by atoms with E-state index in [-0.39, 0.29) is 44.8 Å². The first-order valence-corrected chi connectivity index (χ1v) is 42.5. The van der Waals surface area contributed by atoms with Crippen LogP contribution in [0.25, 0.3) is 0 Å². The molecule has 0 saturated heterocycles. The minimum absolute atomic E-state index is 0. The first-order chi connectivity index (χ1) is 53.6. The third kappa shape index (κ3) is 43.6. The van der Waals surface area contributed by atoms with Crippen molar-refractivity contribution < 1.29 is 113 Å². The van der Waals surface area contributed by atoms with E-state index in [1.165, 1.54) is 131 Å². The average Bonchev–Trinajstić information content (AvgIpc) is 1.63. The van der Waals surface area contributed by atoms with Gasteiger partial charge in [0.15, 0.2) is 0 Å². The third-order valence-electron chi connectivity index (χ3n) is 17.3. The normalized spacial score (nSPS) is 14.2. The van der Waals surface area contributed by atoms with Gasteiger partial charge in [-0.15, -0.1) is 0 Å². The van der Waals surface area contributed by atoms with Crippen LogP contribution < -0.4 is 9.80 Å². The molecule has 4 aliphatic heterocycles. The Bertz CT molecular complexity index is 4090. The number of nitriles is 6. The van der Waals surface area contributed by atoms with E-state index in [2.05, 4.69) is 295 Å². The second-order valence-corrected chi connectivity index (χ2v) is 33.8. The number of benzene rings is 6. The molecule has 0 aromatic heterocycles. The van der Waals surface area contributed by atoms with Crippen LogP contribution >= 0.6 is 15.6 Å². The fourth-order valence-electron chi connectivity index (χ4n) is 12.9. The van der Waals surface area contributed by atoms with Crippen LogP contribution in [0.5, 0.6) is 0 Å². The molecular formula is C88H118Ag2F12N14P2. The van der Waals surface area contributed by atoms with Gasteiger partial charge < -0.3 is 37.9 Å². The van der Waals surface area contributed by atoms with Crippen LogP contribution in [0.1, 0.15) is 266 Å². The minimum atomic E-state index is -10.7. The van der Waals surface area contributed by atoms with Crippen molar-refractivity contribution >= 4 is 63.7 Å². The van der Waals surface area contributed by atoms with Crippen molar-refractivity contribution in [3.8, 4) is 36.4 Å². The molecule has 0 atom stereocenters. The van der Waals surface area contributed by atoms with Gasteiger partial charge in [0, 0.05) is 41.5 Å². The molecule has 10 rings (SSSR count). The smallest absolute Gasteiger partial charge is 1.00 e. The summed E-state index contributed by atoms with van der Waals surface area (Å²) < 4.78 is 128. The summed E-state index contributed by atoms with van der Waals surface area (Å²) in [5, 5.41) is 43.9. The van der Waals surface area contributed by atoms with Gasteiger partial charge in [-0.2, -0.15) is 31.6 Å². The first-order valence-electron chi connectivity index (χ1n) is 38.4. The van der Waals surface area contributed by atoms with E-state index in [4.69, 9.17) is 31.6 Å². The molecule has 118 heavy (non-hydrogen) atoms. The first kappa shape index (κ1) is 112. The molecule has 0 amide bonds. The van der Waals surface area contributed by atoms with Gasteiger partial charge in [-0.05, 0) is 104 Å². The molecule has 14 nitrogen and oxygen atoms in total. The van der Waals surface area contributed by atoms with Crippen molar-refractivity contribution in [3.63, 3.8) is 0 Å². The summed E-state index contributed by atoms with van der Waals surface area (Å²) in [5.74, 6) is 3.87. The van der Waals surface area contributed by atoms with Crippen molar-refractivity contribution in [2.45, 2.75) is 226 Å². The van der Waals surface area contributed by atoms with Crippen LogP contribution in [0, 0.1) is 68.0 Å². The quantitative estimate of drug-likeness (QED) is 0.0236. The van der Waals surface area contributed by atoms with Crippen molar-refractivity contribution in [1.82, 2.24) is 9.80 Å². The van der Waals surface area contributed by atoms with Crippen molar-refractivity contribution in [1.29, 1.82) is 31.6 Å². The van der Waals surface area contributed by atoms with Crippen LogP contribution in [0.4, 0.5) is 73.1 Å². The van der Waals surface area contributed by atoms with Crippen molar-refractivity contribution in [3.05, 3.63) is 188 Å². The van der Waals surface area contributed by atoms with Crippen LogP contribution in [0.15, 0.2) is 121 Å². The van der Waals surface area contributed by atoms with Crippen LogP contribution in [-0.4, -0.2) is 106 Å². The summed E-state index contributed by atoms with van der Waals surface area (Å²) in [7, 11) is -21.3. The standard InChI is InChI=1S/2C38H50N4.6C2H3N.2Ag.2F6P/c2*1-27(2)33-14-10-15-34(28(3)4)37(33)41-20-18-39(25-41)23-31-12-9-13-32(22-31)24-40-19-21-42(26-40)38-35(29(5)6)16-11-17-36(38)30(7)8;6*1-2-3;;;2*1-7(2,3,4,5)6/h2*9-17,22,27-30H,18-21,23-24H2,1-8H3;6*1H3;;;;/q;;;;;;;;2*+1;2*-1. The van der Waals surface area contributed by atoms with Gasteiger partial charge in [-0.3, -0.25) is 0 Å². The molecule has 0 fully saturated rings. The molecule has 4 aliphatic rings. The Morgan fingerprint density at radius 3 is 0.720 bits per heavy atom. The molecule has 30 heteroatoms. The Morgan fingerprint density at radius 2 is 0.508 bits per heavy atom. The fraction of sp³-hybridized carbons (Fsp3) is 0.477. The molecule has 0 aliphatic carbocycles. The van der Waals surface area contributed by atoms with E-state index in [1.807, 2.05) is 0 Å². The number of rotatable bonds is 20. The van der Waals surface area contributed by atoms with E-state index in [0.717, 1.165) is 78.5 Å².